The first-order valence-corrected chi connectivity index (χ1v) is 7.60. The second kappa shape index (κ2) is 5.80. The molecule has 0 spiro atoms. The highest BCUT2D eigenvalue weighted by atomic mass is 35.5. The van der Waals surface area contributed by atoms with Gasteiger partial charge in [-0.1, -0.05) is 65.1 Å². The van der Waals surface area contributed by atoms with Crippen LogP contribution in [0.15, 0.2) is 36.4 Å². The van der Waals surface area contributed by atoms with Gasteiger partial charge in [-0.2, -0.15) is 0 Å². The molecule has 1 aliphatic heterocycles. The predicted molar refractivity (Wildman–Crippen MR) is 85.3 cm³/mol. The number of halogens is 3. The summed E-state index contributed by atoms with van der Waals surface area (Å²) in [7, 11) is 0. The fourth-order valence-corrected chi connectivity index (χ4v) is 3.22. The Balaban J connectivity index is 1.82. The summed E-state index contributed by atoms with van der Waals surface area (Å²) < 4.78 is 0. The molecule has 104 valence electrons. The largest absolute Gasteiger partial charge is 0.355 e. The van der Waals surface area contributed by atoms with Crippen molar-refractivity contribution < 1.29 is 0 Å². The average Bonchev–Trinajstić information content (AvgIpc) is 2.93. The molecule has 1 aromatic carbocycles. The van der Waals surface area contributed by atoms with Crippen molar-refractivity contribution in [3.63, 3.8) is 0 Å². The first-order chi connectivity index (χ1) is 9.65. The van der Waals surface area contributed by atoms with E-state index in [1.54, 1.807) is 6.07 Å². The molecule has 5 heteroatoms. The van der Waals surface area contributed by atoms with Crippen LogP contribution >= 0.6 is 34.8 Å². The first-order valence-electron chi connectivity index (χ1n) is 6.46. The van der Waals surface area contributed by atoms with Crippen LogP contribution in [0, 0.1) is 0 Å². The summed E-state index contributed by atoms with van der Waals surface area (Å²) in [5.41, 5.74) is 1.35. The number of anilines is 1. The molecule has 20 heavy (non-hydrogen) atoms. The van der Waals surface area contributed by atoms with E-state index < -0.39 is 0 Å². The Morgan fingerprint density at radius 3 is 2.55 bits per heavy atom. The fourth-order valence-electron chi connectivity index (χ4n) is 2.61. The summed E-state index contributed by atoms with van der Waals surface area (Å²) in [6.07, 6.45) is 1.09. The van der Waals surface area contributed by atoms with E-state index in [1.807, 2.05) is 6.07 Å². The number of aromatic nitrogens is 1. The number of pyridine rings is 1. The van der Waals surface area contributed by atoms with Gasteiger partial charge in [-0.25, -0.2) is 4.98 Å². The molecule has 2 heterocycles. The zero-order valence-electron chi connectivity index (χ0n) is 10.7. The van der Waals surface area contributed by atoms with E-state index in [4.69, 9.17) is 34.8 Å². The lowest BCUT2D eigenvalue weighted by molar-refractivity contribution is 0.774. The summed E-state index contributed by atoms with van der Waals surface area (Å²) >= 11 is 18.1. The highest BCUT2D eigenvalue weighted by Crippen LogP contribution is 2.36. The van der Waals surface area contributed by atoms with Crippen LogP contribution < -0.4 is 4.90 Å². The Bertz CT molecular complexity index is 616. The maximum atomic E-state index is 6.23. The molecule has 2 nitrogen and oxygen atoms in total. The van der Waals surface area contributed by atoms with Crippen LogP contribution in [-0.4, -0.2) is 18.1 Å². The molecular weight excluding hydrogens is 315 g/mol. The van der Waals surface area contributed by atoms with Crippen molar-refractivity contribution in [1.82, 2.24) is 4.98 Å². The Morgan fingerprint density at radius 1 is 1.05 bits per heavy atom. The Labute approximate surface area is 133 Å². The molecule has 2 aromatic rings. The standard InChI is InChI=1S/C15H13Cl3N2/c16-12-8-13(17)15(19-14(12)18)20-7-6-11(9-20)10-4-2-1-3-5-10/h1-5,8,11H,6-7,9H2. The van der Waals surface area contributed by atoms with E-state index in [9.17, 15) is 0 Å². The average molecular weight is 328 g/mol. The zero-order valence-corrected chi connectivity index (χ0v) is 13.0. The zero-order chi connectivity index (χ0) is 14.1. The maximum absolute atomic E-state index is 6.23. The maximum Gasteiger partial charge on any atom is 0.150 e. The van der Waals surface area contributed by atoms with Crippen LogP contribution in [0.4, 0.5) is 5.82 Å². The van der Waals surface area contributed by atoms with Crippen LogP contribution in [0.3, 0.4) is 0 Å². The third-order valence-corrected chi connectivity index (χ3v) is 4.58. The molecule has 0 amide bonds. The minimum absolute atomic E-state index is 0.300. The summed E-state index contributed by atoms with van der Waals surface area (Å²) in [6.45, 7) is 1.82. The van der Waals surface area contributed by atoms with Crippen molar-refractivity contribution in [2.45, 2.75) is 12.3 Å². The third kappa shape index (κ3) is 2.73. The molecule has 0 radical (unpaired) electrons. The molecule has 0 saturated carbocycles. The number of rotatable bonds is 2. The van der Waals surface area contributed by atoms with Gasteiger partial charge in [0.15, 0.2) is 0 Å². The molecule has 0 aliphatic carbocycles. The van der Waals surface area contributed by atoms with E-state index in [1.165, 1.54) is 5.56 Å². The van der Waals surface area contributed by atoms with Gasteiger partial charge in [-0.3, -0.25) is 0 Å². The Morgan fingerprint density at radius 2 is 1.80 bits per heavy atom. The van der Waals surface area contributed by atoms with Crippen LogP contribution in [0.25, 0.3) is 0 Å². The monoisotopic (exact) mass is 326 g/mol. The number of benzene rings is 1. The SMILES string of the molecule is Clc1cc(Cl)c(N2CCC(c3ccccc3)C2)nc1Cl. The van der Waals surface area contributed by atoms with E-state index in [0.717, 1.165) is 25.3 Å². The van der Waals surface area contributed by atoms with Gasteiger partial charge in [0.1, 0.15) is 11.0 Å². The molecular formula is C15H13Cl3N2. The van der Waals surface area contributed by atoms with Gasteiger partial charge < -0.3 is 4.90 Å². The van der Waals surface area contributed by atoms with Crippen LogP contribution in [0.5, 0.6) is 0 Å². The quantitative estimate of drug-likeness (QED) is 0.719. The summed E-state index contributed by atoms with van der Waals surface area (Å²) in [5, 5.41) is 1.24. The molecule has 1 atom stereocenters. The summed E-state index contributed by atoms with van der Waals surface area (Å²) in [6, 6.07) is 12.2. The van der Waals surface area contributed by atoms with Gasteiger partial charge in [-0.15, -0.1) is 0 Å². The fraction of sp³-hybridized carbons (Fsp3) is 0.267. The second-order valence-corrected chi connectivity index (χ2v) is 6.08. The normalized spacial score (nSPS) is 18.6. The van der Waals surface area contributed by atoms with Gasteiger partial charge in [0, 0.05) is 19.0 Å². The topological polar surface area (TPSA) is 16.1 Å². The molecule has 1 unspecified atom stereocenters. The number of hydrogen-bond donors (Lipinski definition) is 0. The molecule has 1 saturated heterocycles. The molecule has 1 aliphatic rings. The number of nitrogens with zero attached hydrogens (tertiary/aromatic N) is 2. The molecule has 1 fully saturated rings. The first kappa shape index (κ1) is 14.0. The highest BCUT2D eigenvalue weighted by molar-refractivity contribution is 6.42. The van der Waals surface area contributed by atoms with Gasteiger partial charge in [0.2, 0.25) is 0 Å². The molecule has 3 rings (SSSR count). The molecule has 0 bridgehead atoms. The van der Waals surface area contributed by atoms with Gasteiger partial charge >= 0.3 is 0 Å². The van der Waals surface area contributed by atoms with Crippen molar-refractivity contribution >= 4 is 40.6 Å². The predicted octanol–water partition coefficient (Wildman–Crippen LogP) is 5.04. The van der Waals surface area contributed by atoms with Crippen LogP contribution in [-0.2, 0) is 0 Å². The smallest absolute Gasteiger partial charge is 0.150 e. The van der Waals surface area contributed by atoms with Crippen molar-refractivity contribution in [3.05, 3.63) is 57.2 Å². The summed E-state index contributed by atoms with van der Waals surface area (Å²) in [4.78, 5) is 6.48. The van der Waals surface area contributed by atoms with Crippen molar-refractivity contribution in [2.75, 3.05) is 18.0 Å². The molecule has 0 N–H and O–H groups in total. The minimum Gasteiger partial charge on any atom is -0.355 e. The van der Waals surface area contributed by atoms with Crippen molar-refractivity contribution in [3.8, 4) is 0 Å². The highest BCUT2D eigenvalue weighted by Gasteiger charge is 2.26. The van der Waals surface area contributed by atoms with E-state index >= 15 is 0 Å². The van der Waals surface area contributed by atoms with Crippen molar-refractivity contribution in [1.29, 1.82) is 0 Å². The lowest BCUT2D eigenvalue weighted by atomic mass is 9.99. The second-order valence-electron chi connectivity index (χ2n) is 4.91. The van der Waals surface area contributed by atoms with Crippen LogP contribution in [0.2, 0.25) is 15.2 Å². The van der Waals surface area contributed by atoms with Crippen LogP contribution in [0.1, 0.15) is 17.9 Å². The lowest BCUT2D eigenvalue weighted by Gasteiger charge is -2.19. The van der Waals surface area contributed by atoms with Crippen molar-refractivity contribution in [2.24, 2.45) is 0 Å². The molecule has 1 aromatic heterocycles. The minimum atomic E-state index is 0.300. The summed E-state index contributed by atoms with van der Waals surface area (Å²) in [5.74, 6) is 1.23. The van der Waals surface area contributed by atoms with Gasteiger partial charge in [0.25, 0.3) is 0 Å². The number of hydrogen-bond acceptors (Lipinski definition) is 2. The van der Waals surface area contributed by atoms with E-state index in [-0.39, 0.29) is 0 Å². The Kier molecular flexibility index (Phi) is 4.06. The lowest BCUT2D eigenvalue weighted by Crippen LogP contribution is -2.21. The van der Waals surface area contributed by atoms with Gasteiger partial charge in [-0.05, 0) is 18.1 Å². The van der Waals surface area contributed by atoms with E-state index in [0.29, 0.717) is 21.1 Å². The van der Waals surface area contributed by atoms with E-state index in [2.05, 4.69) is 34.1 Å². The third-order valence-electron chi connectivity index (χ3n) is 3.63. The van der Waals surface area contributed by atoms with Gasteiger partial charge in [0.05, 0.1) is 10.0 Å². The Hall–Kier alpha value is -0.960.